The maximum Gasteiger partial charge on any atom is 0.334 e. The smallest absolute Gasteiger partial charge is 0.334 e. The number of carbonyl (C=O) groups is 1. The molecule has 0 unspecified atom stereocenters. The van der Waals surface area contributed by atoms with Crippen molar-refractivity contribution in [3.05, 3.63) is 0 Å². The van der Waals surface area contributed by atoms with Crippen LogP contribution in [0.1, 0.15) is 47.5 Å². The van der Waals surface area contributed by atoms with E-state index >= 15 is 0 Å². The first-order valence-corrected chi connectivity index (χ1v) is 19.8. The molecule has 28 heavy (non-hydrogen) atoms. The first-order valence-electron chi connectivity index (χ1n) is 11.3. The zero-order chi connectivity index (χ0) is 21.8. The van der Waals surface area contributed by atoms with Crippen LogP contribution in [0.25, 0.3) is 0 Å². The van der Waals surface area contributed by atoms with Crippen LogP contribution in [0.4, 0.5) is 0 Å². The zero-order valence-electron chi connectivity index (χ0n) is 20.2. The molecule has 0 aromatic carbocycles. The van der Waals surface area contributed by atoms with Crippen LogP contribution in [0, 0.1) is 0 Å². The molecule has 0 N–H and O–H groups in total. The molecule has 0 atom stereocenters. The quantitative estimate of drug-likeness (QED) is 0.287. The maximum atomic E-state index is 12.5. The molecule has 0 aliphatic rings. The number of carbonyl (C=O) groups excluding carboxylic acids is 1. The maximum absolute atomic E-state index is 12.5. The molecule has 5 nitrogen and oxygen atoms in total. The van der Waals surface area contributed by atoms with Gasteiger partial charge in [-0.3, -0.25) is 4.79 Å². The lowest BCUT2D eigenvalue weighted by Gasteiger charge is -2.35. The van der Waals surface area contributed by atoms with Crippen molar-refractivity contribution in [2.24, 2.45) is 0 Å². The van der Waals surface area contributed by atoms with Gasteiger partial charge in [0.05, 0.1) is 6.42 Å². The Morgan fingerprint density at radius 3 is 1.71 bits per heavy atom. The second kappa shape index (κ2) is 13.3. The lowest BCUT2D eigenvalue weighted by molar-refractivity contribution is -0.135. The number of rotatable bonds is 16. The van der Waals surface area contributed by atoms with Gasteiger partial charge in [0.15, 0.2) is 0 Å². The van der Waals surface area contributed by atoms with Crippen molar-refractivity contribution in [1.82, 2.24) is 4.57 Å². The number of nitrogens with zero attached hydrogens (tertiary/aromatic N) is 1. The van der Waals surface area contributed by atoms with Gasteiger partial charge in [0.1, 0.15) is 8.24 Å². The van der Waals surface area contributed by atoms with Gasteiger partial charge in [-0.2, -0.15) is 0 Å². The minimum Gasteiger partial charge on any atom is -0.519 e. The van der Waals surface area contributed by atoms with Crippen molar-refractivity contribution >= 4 is 31.1 Å². The van der Waals surface area contributed by atoms with Crippen LogP contribution < -0.4 is 0 Å². The summed E-state index contributed by atoms with van der Waals surface area (Å²) in [6.07, 6.45) is 1.56. The normalized spacial score (nSPS) is 13.2. The summed E-state index contributed by atoms with van der Waals surface area (Å²) in [4.78, 5) is 12.5. The first-order chi connectivity index (χ1) is 13.0. The molecular weight excluding hydrogens is 402 g/mol. The molecule has 0 saturated carbocycles. The first kappa shape index (κ1) is 28.0. The molecule has 0 spiro atoms. The monoisotopic (exact) mass is 449 g/mol. The Bertz CT molecular complexity index is 425. The summed E-state index contributed by atoms with van der Waals surface area (Å²) in [7, 11) is -5.41. The van der Waals surface area contributed by atoms with E-state index in [1.807, 2.05) is 13.8 Å². The summed E-state index contributed by atoms with van der Waals surface area (Å²) in [5.41, 5.74) is 0. The van der Waals surface area contributed by atoms with Gasteiger partial charge in [-0.15, -0.1) is 0 Å². The van der Waals surface area contributed by atoms with Gasteiger partial charge in [0, 0.05) is 19.8 Å². The standard InChI is InChI=1S/C20H47NO4Si3/c1-10-23-27(9,24-11-2)19-15-17-21(26(6,7)8)18-16-20(22)25-28(12-3,13-4)14-5/h10-19H2,1-9H3. The third-order valence-corrected chi connectivity index (χ3v) is 15.7. The Hall–Kier alpha value is 0.000649. The lowest BCUT2D eigenvalue weighted by atomic mass is 10.4. The predicted octanol–water partition coefficient (Wildman–Crippen LogP) is 5.60. The Labute approximate surface area is 178 Å². The molecule has 0 radical (unpaired) electrons. The highest BCUT2D eigenvalue weighted by Crippen LogP contribution is 2.23. The van der Waals surface area contributed by atoms with Crippen LogP contribution in [0.3, 0.4) is 0 Å². The highest BCUT2D eigenvalue weighted by atomic mass is 28.4. The lowest BCUT2D eigenvalue weighted by Crippen LogP contribution is -2.48. The predicted molar refractivity (Wildman–Crippen MR) is 127 cm³/mol. The van der Waals surface area contributed by atoms with E-state index in [0.717, 1.165) is 43.7 Å². The van der Waals surface area contributed by atoms with E-state index in [-0.39, 0.29) is 5.97 Å². The summed E-state index contributed by atoms with van der Waals surface area (Å²) < 4.78 is 20.5. The fraction of sp³-hybridized carbons (Fsp3) is 0.950. The Balaban J connectivity index is 4.75. The third-order valence-electron chi connectivity index (χ3n) is 5.76. The molecule has 0 aromatic heterocycles. The van der Waals surface area contributed by atoms with E-state index in [4.69, 9.17) is 13.3 Å². The van der Waals surface area contributed by atoms with E-state index < -0.39 is 25.1 Å². The van der Waals surface area contributed by atoms with Gasteiger partial charge in [-0.1, -0.05) is 40.4 Å². The fourth-order valence-electron chi connectivity index (χ4n) is 3.66. The van der Waals surface area contributed by atoms with E-state index in [2.05, 4.69) is 51.5 Å². The van der Waals surface area contributed by atoms with Crippen LogP contribution in [-0.4, -0.2) is 62.0 Å². The molecular formula is C20H47NO4Si3. The zero-order valence-corrected chi connectivity index (χ0v) is 23.2. The molecule has 0 aromatic rings. The summed E-state index contributed by atoms with van der Waals surface area (Å²) in [5, 5.41) is 0. The number of hydrogen-bond donors (Lipinski definition) is 0. The van der Waals surface area contributed by atoms with E-state index in [9.17, 15) is 4.79 Å². The van der Waals surface area contributed by atoms with Crippen molar-refractivity contribution in [1.29, 1.82) is 0 Å². The SMILES string of the molecule is CCO[Si](C)(CCCN(CCC(=O)O[Si](CC)(CC)CC)[Si](C)(C)C)OCC. The van der Waals surface area contributed by atoms with E-state index in [1.54, 1.807) is 0 Å². The molecule has 0 aliphatic carbocycles. The van der Waals surface area contributed by atoms with Gasteiger partial charge in [0.25, 0.3) is 14.3 Å². The van der Waals surface area contributed by atoms with E-state index in [0.29, 0.717) is 19.6 Å². The molecule has 0 amide bonds. The molecule has 168 valence electrons. The largest absolute Gasteiger partial charge is 0.519 e. The molecule has 0 bridgehead atoms. The summed E-state index contributed by atoms with van der Waals surface area (Å²) in [5.74, 6) is 0.00307. The van der Waals surface area contributed by atoms with Crippen LogP contribution in [0.2, 0.25) is 50.4 Å². The summed E-state index contributed by atoms with van der Waals surface area (Å²) >= 11 is 0. The average Bonchev–Trinajstić information content (AvgIpc) is 2.62. The van der Waals surface area contributed by atoms with Gasteiger partial charge in [-0.05, 0) is 57.5 Å². The van der Waals surface area contributed by atoms with Crippen LogP contribution in [0.5, 0.6) is 0 Å². The Morgan fingerprint density at radius 2 is 1.32 bits per heavy atom. The average molecular weight is 450 g/mol. The van der Waals surface area contributed by atoms with E-state index in [1.165, 1.54) is 0 Å². The molecule has 0 heterocycles. The highest BCUT2D eigenvalue weighted by Gasteiger charge is 2.34. The topological polar surface area (TPSA) is 48.0 Å². The fourth-order valence-corrected chi connectivity index (χ4v) is 10.2. The second-order valence-corrected chi connectivity index (χ2v) is 21.7. The summed E-state index contributed by atoms with van der Waals surface area (Å²) in [6, 6.07) is 4.04. The third kappa shape index (κ3) is 10.2. The van der Waals surface area contributed by atoms with Crippen molar-refractivity contribution in [2.45, 2.75) is 97.8 Å². The van der Waals surface area contributed by atoms with Crippen LogP contribution >= 0.6 is 0 Å². The second-order valence-electron chi connectivity index (χ2n) is 8.73. The molecule has 0 saturated heterocycles. The van der Waals surface area contributed by atoms with Gasteiger partial charge >= 0.3 is 8.56 Å². The van der Waals surface area contributed by atoms with Crippen LogP contribution in [0.15, 0.2) is 0 Å². The highest BCUT2D eigenvalue weighted by molar-refractivity contribution is 6.75. The van der Waals surface area contributed by atoms with Crippen molar-refractivity contribution in [3.8, 4) is 0 Å². The van der Waals surface area contributed by atoms with Crippen molar-refractivity contribution < 1.29 is 18.1 Å². The van der Waals surface area contributed by atoms with Crippen molar-refractivity contribution in [3.63, 3.8) is 0 Å². The molecule has 0 aliphatic heterocycles. The number of hydrogen-bond acceptors (Lipinski definition) is 5. The Kier molecular flexibility index (Phi) is 13.3. The minimum absolute atomic E-state index is 0.00307. The van der Waals surface area contributed by atoms with Gasteiger partial charge in [0.2, 0.25) is 0 Å². The van der Waals surface area contributed by atoms with Crippen molar-refractivity contribution in [2.75, 3.05) is 26.3 Å². The Morgan fingerprint density at radius 1 is 0.821 bits per heavy atom. The molecule has 0 fully saturated rings. The summed E-state index contributed by atoms with van der Waals surface area (Å²) in [6.45, 7) is 23.0. The van der Waals surface area contributed by atoms with Crippen LogP contribution in [-0.2, 0) is 18.1 Å². The van der Waals surface area contributed by atoms with Gasteiger partial charge < -0.3 is 17.8 Å². The molecule has 0 rings (SSSR count). The molecule has 8 heteroatoms. The minimum atomic E-state index is -2.06. The van der Waals surface area contributed by atoms with Gasteiger partial charge in [-0.25, -0.2) is 0 Å².